The maximum Gasteiger partial charge on any atom is 0.337 e. The molecule has 0 saturated carbocycles. The minimum absolute atomic E-state index is 0.0604. The number of hydrogen-bond donors (Lipinski definition) is 3. The summed E-state index contributed by atoms with van der Waals surface area (Å²) in [6, 6.07) is 16.9. The number of hydrazone groups is 1. The molecule has 0 atom stereocenters. The molecule has 0 aromatic heterocycles. The lowest BCUT2D eigenvalue weighted by atomic mass is 10.2. The summed E-state index contributed by atoms with van der Waals surface area (Å²) in [4.78, 5) is 21.6. The third-order valence-electron chi connectivity index (χ3n) is 4.32. The molecular formula is C21H15N5O6S. The van der Waals surface area contributed by atoms with Gasteiger partial charge >= 0.3 is 5.97 Å². The number of nitro groups is 1. The van der Waals surface area contributed by atoms with E-state index < -0.39 is 31.5 Å². The zero-order valence-electron chi connectivity index (χ0n) is 16.7. The maximum absolute atomic E-state index is 12.7. The van der Waals surface area contributed by atoms with Crippen LogP contribution in [0.15, 0.2) is 76.7 Å². The van der Waals surface area contributed by atoms with Gasteiger partial charge in [-0.1, -0.05) is 24.3 Å². The van der Waals surface area contributed by atoms with Gasteiger partial charge in [0.15, 0.2) is 0 Å². The molecule has 0 heterocycles. The summed E-state index contributed by atoms with van der Waals surface area (Å²) in [5, 5.41) is 33.4. The summed E-state index contributed by atoms with van der Waals surface area (Å²) in [6.07, 6.45) is 1.37. The molecule has 3 rings (SSSR count). The molecule has 0 bridgehead atoms. The molecule has 0 amide bonds. The van der Waals surface area contributed by atoms with Crippen LogP contribution in [-0.4, -0.2) is 30.6 Å². The van der Waals surface area contributed by atoms with Crippen molar-refractivity contribution < 1.29 is 23.2 Å². The minimum atomic E-state index is -4.32. The monoisotopic (exact) mass is 465 g/mol. The van der Waals surface area contributed by atoms with Crippen molar-refractivity contribution in [2.75, 3.05) is 10.1 Å². The average Bonchev–Trinajstić information content (AvgIpc) is 2.79. The molecule has 0 aliphatic rings. The van der Waals surface area contributed by atoms with Gasteiger partial charge in [0.05, 0.1) is 38.9 Å². The number of hydrogen-bond acceptors (Lipinski definition) is 8. The standard InChI is InChI=1S/C21H15N5O6S/c22-12-14-5-7-15(8-6-14)13-23-24-19-10-9-16(11-20(19)26(29)30)33(31,32)25-18-4-2-1-3-17(18)21(27)28/h1-11,13,24-25H,(H,27,28)/b23-13+. The van der Waals surface area contributed by atoms with Crippen molar-refractivity contribution in [3.63, 3.8) is 0 Å². The van der Waals surface area contributed by atoms with Crippen LogP contribution in [0.25, 0.3) is 0 Å². The fraction of sp³-hybridized carbons (Fsp3) is 0. The van der Waals surface area contributed by atoms with Gasteiger partial charge in [0.1, 0.15) is 5.69 Å². The Kier molecular flexibility index (Phi) is 6.65. The molecule has 33 heavy (non-hydrogen) atoms. The van der Waals surface area contributed by atoms with E-state index in [-0.39, 0.29) is 16.9 Å². The number of nitrogens with one attached hydrogen (secondary N) is 2. The molecular weight excluding hydrogens is 450 g/mol. The molecule has 0 radical (unpaired) electrons. The number of carboxylic acids is 1. The van der Waals surface area contributed by atoms with Crippen LogP contribution >= 0.6 is 0 Å². The van der Waals surface area contributed by atoms with Crippen molar-refractivity contribution in [3.8, 4) is 6.07 Å². The number of aromatic carboxylic acids is 1. The first-order valence-electron chi connectivity index (χ1n) is 9.14. The number of benzene rings is 3. The zero-order valence-corrected chi connectivity index (χ0v) is 17.5. The Morgan fingerprint density at radius 1 is 1.09 bits per heavy atom. The van der Waals surface area contributed by atoms with E-state index in [1.165, 1.54) is 36.5 Å². The van der Waals surface area contributed by atoms with Crippen molar-refractivity contribution in [1.82, 2.24) is 0 Å². The van der Waals surface area contributed by atoms with Gasteiger partial charge in [-0.15, -0.1) is 0 Å². The number of rotatable bonds is 8. The van der Waals surface area contributed by atoms with E-state index in [0.29, 0.717) is 11.1 Å². The molecule has 166 valence electrons. The first-order chi connectivity index (χ1) is 15.7. The van der Waals surface area contributed by atoms with Gasteiger partial charge in [0.2, 0.25) is 0 Å². The Hall–Kier alpha value is -4.76. The van der Waals surface area contributed by atoms with E-state index in [2.05, 4.69) is 15.2 Å². The van der Waals surface area contributed by atoms with Gasteiger partial charge in [0, 0.05) is 6.07 Å². The topological polar surface area (TPSA) is 175 Å². The predicted octanol–water partition coefficient (Wildman–Crippen LogP) is 3.41. The summed E-state index contributed by atoms with van der Waals surface area (Å²) in [5.41, 5.74) is 2.52. The Labute approximate surface area is 187 Å². The highest BCUT2D eigenvalue weighted by molar-refractivity contribution is 7.92. The number of sulfonamides is 1. The van der Waals surface area contributed by atoms with Crippen molar-refractivity contribution in [3.05, 3.63) is 93.5 Å². The van der Waals surface area contributed by atoms with Crippen molar-refractivity contribution >= 4 is 39.3 Å². The number of anilines is 2. The lowest BCUT2D eigenvalue weighted by Crippen LogP contribution is -2.16. The van der Waals surface area contributed by atoms with E-state index >= 15 is 0 Å². The van der Waals surface area contributed by atoms with Crippen LogP contribution in [-0.2, 0) is 10.0 Å². The van der Waals surface area contributed by atoms with E-state index in [0.717, 1.165) is 12.1 Å². The Bertz CT molecular complexity index is 1400. The van der Waals surface area contributed by atoms with Crippen LogP contribution in [0.3, 0.4) is 0 Å². The lowest BCUT2D eigenvalue weighted by Gasteiger charge is -2.11. The van der Waals surface area contributed by atoms with E-state index in [1.807, 2.05) is 6.07 Å². The van der Waals surface area contributed by atoms with Gasteiger partial charge in [-0.2, -0.15) is 10.4 Å². The van der Waals surface area contributed by atoms with Gasteiger partial charge < -0.3 is 5.11 Å². The number of nitrogens with zero attached hydrogens (tertiary/aromatic N) is 3. The third-order valence-corrected chi connectivity index (χ3v) is 5.68. The van der Waals surface area contributed by atoms with E-state index in [1.54, 1.807) is 24.3 Å². The molecule has 0 fully saturated rings. The van der Waals surface area contributed by atoms with E-state index in [4.69, 9.17) is 5.26 Å². The second-order valence-corrected chi connectivity index (χ2v) is 8.18. The molecule has 11 nitrogen and oxygen atoms in total. The molecule has 0 saturated heterocycles. The summed E-state index contributed by atoms with van der Waals surface area (Å²) in [6.45, 7) is 0. The Morgan fingerprint density at radius 2 is 1.79 bits per heavy atom. The van der Waals surface area contributed by atoms with Crippen LogP contribution < -0.4 is 10.1 Å². The van der Waals surface area contributed by atoms with E-state index in [9.17, 15) is 28.4 Å². The van der Waals surface area contributed by atoms with Gasteiger partial charge in [0.25, 0.3) is 15.7 Å². The maximum atomic E-state index is 12.7. The molecule has 0 aliphatic heterocycles. The lowest BCUT2D eigenvalue weighted by molar-refractivity contribution is -0.384. The van der Waals surface area contributed by atoms with Crippen molar-refractivity contribution in [1.29, 1.82) is 5.26 Å². The highest BCUT2D eigenvalue weighted by atomic mass is 32.2. The van der Waals surface area contributed by atoms with Gasteiger partial charge in [-0.05, 0) is 42.0 Å². The fourth-order valence-electron chi connectivity index (χ4n) is 2.71. The molecule has 0 unspecified atom stereocenters. The molecule has 0 aliphatic carbocycles. The second-order valence-electron chi connectivity index (χ2n) is 6.50. The summed E-state index contributed by atoms with van der Waals surface area (Å²) < 4.78 is 27.6. The van der Waals surface area contributed by atoms with Gasteiger partial charge in [-0.3, -0.25) is 20.3 Å². The molecule has 3 aromatic rings. The second kappa shape index (κ2) is 9.58. The van der Waals surface area contributed by atoms with Crippen LogP contribution in [0.4, 0.5) is 17.1 Å². The highest BCUT2D eigenvalue weighted by Crippen LogP contribution is 2.29. The van der Waals surface area contributed by atoms with Crippen LogP contribution in [0.2, 0.25) is 0 Å². The fourth-order valence-corrected chi connectivity index (χ4v) is 3.81. The van der Waals surface area contributed by atoms with Crippen molar-refractivity contribution in [2.24, 2.45) is 5.10 Å². The predicted molar refractivity (Wildman–Crippen MR) is 120 cm³/mol. The van der Waals surface area contributed by atoms with Gasteiger partial charge in [-0.25, -0.2) is 13.2 Å². The summed E-state index contributed by atoms with van der Waals surface area (Å²) in [7, 11) is -4.32. The quantitative estimate of drug-likeness (QED) is 0.257. The number of para-hydroxylation sites is 1. The molecule has 12 heteroatoms. The van der Waals surface area contributed by atoms with Crippen LogP contribution in [0.1, 0.15) is 21.5 Å². The SMILES string of the molecule is N#Cc1ccc(/C=N/Nc2ccc(S(=O)(=O)Nc3ccccc3C(=O)O)cc2[N+](=O)[O-])cc1. The molecule has 3 aromatic carbocycles. The summed E-state index contributed by atoms with van der Waals surface area (Å²) in [5.74, 6) is -1.33. The average molecular weight is 465 g/mol. The number of nitro benzene ring substituents is 1. The van der Waals surface area contributed by atoms with Crippen LogP contribution in [0.5, 0.6) is 0 Å². The third kappa shape index (κ3) is 5.49. The first-order valence-corrected chi connectivity index (χ1v) is 10.6. The first kappa shape index (κ1) is 22.9. The molecule has 0 spiro atoms. The zero-order chi connectivity index (χ0) is 24.0. The number of carbonyl (C=O) groups is 1. The highest BCUT2D eigenvalue weighted by Gasteiger charge is 2.23. The Morgan fingerprint density at radius 3 is 2.42 bits per heavy atom. The molecule has 3 N–H and O–H groups in total. The number of nitriles is 1. The Balaban J connectivity index is 1.86. The largest absolute Gasteiger partial charge is 0.478 e. The summed E-state index contributed by atoms with van der Waals surface area (Å²) >= 11 is 0. The normalized spacial score (nSPS) is 11.0. The van der Waals surface area contributed by atoms with Crippen LogP contribution in [0, 0.1) is 21.4 Å². The smallest absolute Gasteiger partial charge is 0.337 e. The van der Waals surface area contributed by atoms with Crippen molar-refractivity contribution in [2.45, 2.75) is 4.90 Å². The minimum Gasteiger partial charge on any atom is -0.478 e. The number of carboxylic acid groups (broad SMARTS) is 1.